The number of Topliss-reactive ketones (excluding diaryl/α,β-unsaturated/α-hetero) is 1. The Morgan fingerprint density at radius 1 is 0.818 bits per heavy atom. The number of hydrogen-bond donors (Lipinski definition) is 2. The Bertz CT molecular complexity index is 834. The number of aliphatic hydroxyl groups excluding tert-OH is 2. The molecule has 188 valence electrons. The van der Waals surface area contributed by atoms with Crippen LogP contribution in [0.4, 0.5) is 0 Å². The average molecular weight is 459 g/mol. The fourth-order valence-electron chi connectivity index (χ4n) is 11.1. The highest BCUT2D eigenvalue weighted by molar-refractivity contribution is 5.84. The van der Waals surface area contributed by atoms with E-state index in [9.17, 15) is 15.0 Å². The Labute approximate surface area is 202 Å². The van der Waals surface area contributed by atoms with Crippen LogP contribution >= 0.6 is 0 Å². The third kappa shape index (κ3) is 2.90. The van der Waals surface area contributed by atoms with Gasteiger partial charge < -0.3 is 10.2 Å². The zero-order valence-corrected chi connectivity index (χ0v) is 22.5. The van der Waals surface area contributed by atoms with Crippen LogP contribution in [0.25, 0.3) is 0 Å². The molecule has 5 aliphatic rings. The fourth-order valence-corrected chi connectivity index (χ4v) is 11.1. The number of fused-ring (bicyclic) bond motifs is 7. The van der Waals surface area contributed by atoms with E-state index in [0.29, 0.717) is 28.6 Å². The van der Waals surface area contributed by atoms with Crippen molar-refractivity contribution in [3.8, 4) is 0 Å². The summed E-state index contributed by atoms with van der Waals surface area (Å²) in [7, 11) is 0. The average Bonchev–Trinajstić information content (AvgIpc) is 2.76. The molecule has 0 bridgehead atoms. The predicted octanol–water partition coefficient (Wildman–Crippen LogP) is 6.40. The molecule has 10 unspecified atom stereocenters. The maximum atomic E-state index is 12.9. The first-order valence-electron chi connectivity index (χ1n) is 14.0. The molecule has 5 aliphatic carbocycles. The second-order valence-electron chi connectivity index (χ2n) is 15.4. The number of hydrogen-bond acceptors (Lipinski definition) is 3. The van der Waals surface area contributed by atoms with Crippen LogP contribution in [-0.4, -0.2) is 28.7 Å². The summed E-state index contributed by atoms with van der Waals surface area (Å²) < 4.78 is 0. The van der Waals surface area contributed by atoms with Crippen molar-refractivity contribution < 1.29 is 15.0 Å². The van der Waals surface area contributed by atoms with Gasteiger partial charge >= 0.3 is 0 Å². The van der Waals surface area contributed by atoms with Gasteiger partial charge in [0, 0.05) is 18.4 Å². The van der Waals surface area contributed by atoms with Crippen molar-refractivity contribution in [2.45, 2.75) is 119 Å². The Hall–Kier alpha value is -0.410. The number of rotatable bonds is 1. The third-order valence-corrected chi connectivity index (χ3v) is 13.8. The Morgan fingerprint density at radius 2 is 1.42 bits per heavy atom. The first-order chi connectivity index (χ1) is 15.2. The first-order valence-corrected chi connectivity index (χ1v) is 14.0. The van der Waals surface area contributed by atoms with E-state index in [-0.39, 0.29) is 40.5 Å². The molecular formula is C30H50O3. The van der Waals surface area contributed by atoms with Crippen LogP contribution in [0.2, 0.25) is 0 Å². The van der Waals surface area contributed by atoms with Gasteiger partial charge in [0.15, 0.2) is 5.78 Å². The van der Waals surface area contributed by atoms with Gasteiger partial charge in [-0.15, -0.1) is 0 Å². The molecule has 3 nitrogen and oxygen atoms in total. The van der Waals surface area contributed by atoms with Gasteiger partial charge in [0.05, 0.1) is 0 Å². The summed E-state index contributed by atoms with van der Waals surface area (Å²) in [5.41, 5.74) is 1.12. The summed E-state index contributed by atoms with van der Waals surface area (Å²) in [6.07, 6.45) is 10.7. The van der Waals surface area contributed by atoms with Gasteiger partial charge in [0.25, 0.3) is 0 Å². The largest absolute Gasteiger partial charge is 0.396 e. The van der Waals surface area contributed by atoms with Gasteiger partial charge in [0.1, 0.15) is 6.10 Å². The topological polar surface area (TPSA) is 57.5 Å². The lowest BCUT2D eigenvalue weighted by Crippen LogP contribution is -2.70. The van der Waals surface area contributed by atoms with E-state index in [1.165, 1.54) is 38.5 Å². The van der Waals surface area contributed by atoms with Crippen LogP contribution in [0.3, 0.4) is 0 Å². The molecule has 2 N–H and O–H groups in total. The van der Waals surface area contributed by atoms with E-state index in [1.807, 2.05) is 0 Å². The van der Waals surface area contributed by atoms with Crippen molar-refractivity contribution in [3.63, 3.8) is 0 Å². The summed E-state index contributed by atoms with van der Waals surface area (Å²) in [4.78, 5) is 12.9. The molecule has 0 radical (unpaired) electrons. The summed E-state index contributed by atoms with van der Waals surface area (Å²) in [6, 6.07) is 0. The van der Waals surface area contributed by atoms with E-state index < -0.39 is 6.10 Å². The number of ketones is 1. The molecule has 0 amide bonds. The zero-order chi connectivity index (χ0) is 24.2. The molecule has 5 fully saturated rings. The highest BCUT2D eigenvalue weighted by Crippen LogP contribution is 2.78. The van der Waals surface area contributed by atoms with Crippen LogP contribution in [0.15, 0.2) is 0 Å². The molecule has 0 heterocycles. The summed E-state index contributed by atoms with van der Waals surface area (Å²) >= 11 is 0. The van der Waals surface area contributed by atoms with E-state index in [2.05, 4.69) is 48.5 Å². The zero-order valence-electron chi connectivity index (χ0n) is 22.5. The lowest BCUT2D eigenvalue weighted by Gasteiger charge is -2.75. The van der Waals surface area contributed by atoms with Crippen molar-refractivity contribution in [1.82, 2.24) is 0 Å². The first kappa shape index (κ1) is 24.3. The molecule has 33 heavy (non-hydrogen) atoms. The Kier molecular flexibility index (Phi) is 5.22. The van der Waals surface area contributed by atoms with Gasteiger partial charge in [-0.2, -0.15) is 0 Å². The molecule has 0 aromatic carbocycles. The maximum Gasteiger partial charge on any atom is 0.161 e. The summed E-state index contributed by atoms with van der Waals surface area (Å²) in [5, 5.41) is 21.8. The van der Waals surface area contributed by atoms with Crippen molar-refractivity contribution >= 4 is 5.78 Å². The van der Waals surface area contributed by atoms with Gasteiger partial charge in [-0.1, -0.05) is 48.5 Å². The van der Waals surface area contributed by atoms with Crippen LogP contribution < -0.4 is 0 Å². The van der Waals surface area contributed by atoms with E-state index in [0.717, 1.165) is 25.2 Å². The molecule has 5 saturated carbocycles. The molecule has 0 saturated heterocycles. The predicted molar refractivity (Wildman–Crippen MR) is 133 cm³/mol. The monoisotopic (exact) mass is 458 g/mol. The van der Waals surface area contributed by atoms with E-state index in [1.54, 1.807) is 0 Å². The Balaban J connectivity index is 1.58. The van der Waals surface area contributed by atoms with Crippen molar-refractivity contribution in [2.75, 3.05) is 6.61 Å². The fraction of sp³-hybridized carbons (Fsp3) is 0.967. The molecule has 5 rings (SSSR count). The second kappa shape index (κ2) is 7.09. The highest BCUT2D eigenvalue weighted by atomic mass is 16.3. The van der Waals surface area contributed by atoms with Gasteiger partial charge in [0.2, 0.25) is 0 Å². The smallest absolute Gasteiger partial charge is 0.161 e. The van der Waals surface area contributed by atoms with Gasteiger partial charge in [-0.05, 0) is 109 Å². The third-order valence-electron chi connectivity index (χ3n) is 13.8. The molecule has 0 aromatic rings. The van der Waals surface area contributed by atoms with Gasteiger partial charge in [-0.25, -0.2) is 0 Å². The normalized spacial score (nSPS) is 58.0. The summed E-state index contributed by atoms with van der Waals surface area (Å²) in [5.74, 6) is 1.39. The van der Waals surface area contributed by atoms with Crippen LogP contribution in [0, 0.1) is 56.2 Å². The number of carbonyl (C=O) groups is 1. The van der Waals surface area contributed by atoms with Crippen molar-refractivity contribution in [1.29, 1.82) is 0 Å². The Morgan fingerprint density at radius 3 is 2.09 bits per heavy atom. The number of aliphatic hydroxyl groups is 2. The highest BCUT2D eigenvalue weighted by Gasteiger charge is 2.72. The second-order valence-corrected chi connectivity index (χ2v) is 15.4. The lowest BCUT2D eigenvalue weighted by molar-refractivity contribution is -0.272. The molecule has 10 atom stereocenters. The maximum absolute atomic E-state index is 12.9. The minimum absolute atomic E-state index is 0.0159. The van der Waals surface area contributed by atoms with Crippen LogP contribution in [-0.2, 0) is 4.79 Å². The minimum Gasteiger partial charge on any atom is -0.396 e. The quantitative estimate of drug-likeness (QED) is 0.478. The molecule has 0 aliphatic heterocycles. The van der Waals surface area contributed by atoms with Crippen molar-refractivity contribution in [2.24, 2.45) is 56.2 Å². The minimum atomic E-state index is -0.831. The summed E-state index contributed by atoms with van der Waals surface area (Å²) in [6.45, 7) is 17.4. The van der Waals surface area contributed by atoms with Crippen molar-refractivity contribution in [3.05, 3.63) is 0 Å². The molecule has 0 spiro atoms. The molecule has 0 aromatic heterocycles. The van der Waals surface area contributed by atoms with Crippen LogP contribution in [0.1, 0.15) is 113 Å². The lowest BCUT2D eigenvalue weighted by atomic mass is 9.30. The molecular weight excluding hydrogens is 408 g/mol. The molecule has 3 heteroatoms. The standard InChI is InChI=1S/C30H50O3/c1-19-24(33)20(32)16-22-27(19,5)9-8-21-28(6)13-12-26(4)11-10-25(2,3)17-23(26)29(28,7)14-15-30(21,22)18-31/h19,21-24,31,33H,8-18H2,1-7H3. The number of carbonyl (C=O) groups excluding carboxylic acids is 1. The van der Waals surface area contributed by atoms with Crippen LogP contribution in [0.5, 0.6) is 0 Å². The van der Waals surface area contributed by atoms with Gasteiger partial charge in [-0.3, -0.25) is 4.79 Å². The van der Waals surface area contributed by atoms with E-state index in [4.69, 9.17) is 0 Å². The van der Waals surface area contributed by atoms with E-state index >= 15 is 0 Å². The SMILES string of the molecule is CC1C(O)C(=O)CC2C1(C)CCC1C2(CO)CCC2(C)C3CC(C)(C)CCC3(C)CCC12C.